The van der Waals surface area contributed by atoms with E-state index in [1.165, 1.54) is 6.92 Å². The van der Waals surface area contributed by atoms with E-state index in [0.717, 1.165) is 0 Å². The smallest absolute Gasteiger partial charge is 0.177 e. The fraction of sp³-hybridized carbons (Fsp3) is 0.909. The molecule has 92 valence electrons. The minimum absolute atomic E-state index is 0.0486. The summed E-state index contributed by atoms with van der Waals surface area (Å²) in [7, 11) is 5.90. The summed E-state index contributed by atoms with van der Waals surface area (Å²) in [5, 5.41) is 9.09. The fourth-order valence-electron chi connectivity index (χ4n) is 1.63. The van der Waals surface area contributed by atoms with E-state index in [1.807, 2.05) is 13.8 Å². The van der Waals surface area contributed by atoms with E-state index in [-0.39, 0.29) is 17.0 Å². The third kappa shape index (κ3) is 5.63. The van der Waals surface area contributed by atoms with Crippen LogP contribution in [0.5, 0.6) is 0 Å². The van der Waals surface area contributed by atoms with Crippen molar-refractivity contribution in [2.24, 2.45) is 16.9 Å². The van der Waals surface area contributed by atoms with Crippen LogP contribution in [0.1, 0.15) is 33.6 Å². The van der Waals surface area contributed by atoms with Crippen molar-refractivity contribution in [1.82, 2.24) is 0 Å². The fourth-order valence-corrected chi connectivity index (χ4v) is 1.63. The molecular weight excluding hydrogens is 203 g/mol. The van der Waals surface area contributed by atoms with Crippen LogP contribution in [0.15, 0.2) is 0 Å². The minimum Gasteiger partial charge on any atom is -0.386 e. The first kappa shape index (κ1) is 15.6. The molecule has 4 nitrogen and oxygen atoms in total. The van der Waals surface area contributed by atoms with Gasteiger partial charge in [-0.2, -0.15) is 0 Å². The van der Waals surface area contributed by atoms with Crippen LogP contribution in [0.2, 0.25) is 5.82 Å². The van der Waals surface area contributed by atoms with Gasteiger partial charge in [-0.1, -0.05) is 26.1 Å². The third-order valence-corrected chi connectivity index (χ3v) is 2.70. The molecule has 0 bridgehead atoms. The highest BCUT2D eigenvalue weighted by Gasteiger charge is 2.24. The zero-order valence-electron chi connectivity index (χ0n) is 10.4. The number of aliphatic hydroxyl groups excluding tert-OH is 1. The molecule has 0 aromatic rings. The number of carbonyl (C=O) groups is 1. The molecule has 2 radical (unpaired) electrons. The Kier molecular flexibility index (Phi) is 6.22. The van der Waals surface area contributed by atoms with Gasteiger partial charge in [0.1, 0.15) is 6.10 Å². The molecule has 0 aliphatic rings. The number of Topliss-reactive ketones (excluding diaryl/α,β-unsaturated/α-hetero) is 1. The molecule has 0 aliphatic heterocycles. The predicted octanol–water partition coefficient (Wildman–Crippen LogP) is -0.0143. The van der Waals surface area contributed by atoms with E-state index in [0.29, 0.717) is 19.4 Å². The normalized spacial score (nSPS) is 17.9. The Labute approximate surface area is 99.2 Å². The molecule has 5 N–H and O–H groups in total. The maximum atomic E-state index is 11.4. The number of nitrogens with two attached hydrogens (primary N) is 2. The molecule has 0 fully saturated rings. The number of hydrogen-bond acceptors (Lipinski definition) is 4. The Hall–Kier alpha value is -0.385. The van der Waals surface area contributed by atoms with Crippen molar-refractivity contribution in [2.75, 3.05) is 6.54 Å². The molecule has 0 rings (SSSR count). The Balaban J connectivity index is 4.15. The first-order valence-electron chi connectivity index (χ1n) is 5.62. The minimum atomic E-state index is -1.02. The zero-order valence-corrected chi connectivity index (χ0v) is 10.4. The Morgan fingerprint density at radius 2 is 2.00 bits per heavy atom. The molecule has 0 saturated carbocycles. The van der Waals surface area contributed by atoms with Crippen molar-refractivity contribution < 1.29 is 9.90 Å². The Bertz CT molecular complexity index is 232. The highest BCUT2D eigenvalue weighted by Crippen LogP contribution is 2.28. The molecule has 5 heteroatoms. The highest BCUT2D eigenvalue weighted by molar-refractivity contribution is 6.12. The second kappa shape index (κ2) is 6.37. The predicted molar refractivity (Wildman–Crippen MR) is 66.2 cm³/mol. The number of ketones is 1. The molecule has 0 amide bonds. The third-order valence-electron chi connectivity index (χ3n) is 2.70. The molecule has 16 heavy (non-hydrogen) atoms. The monoisotopic (exact) mass is 226 g/mol. The molecule has 0 aliphatic carbocycles. The molecule has 3 atom stereocenters. The second-order valence-corrected chi connectivity index (χ2v) is 5.25. The van der Waals surface area contributed by atoms with E-state index < -0.39 is 12.1 Å². The number of hydrogen-bond donors (Lipinski definition) is 3. The van der Waals surface area contributed by atoms with Gasteiger partial charge in [0.25, 0.3) is 0 Å². The van der Waals surface area contributed by atoms with Crippen LogP contribution in [0.3, 0.4) is 0 Å². The summed E-state index contributed by atoms with van der Waals surface area (Å²) in [6.45, 7) is 6.00. The van der Waals surface area contributed by atoms with Crippen molar-refractivity contribution in [3.05, 3.63) is 0 Å². The van der Waals surface area contributed by atoms with Gasteiger partial charge in [-0.3, -0.25) is 4.79 Å². The lowest BCUT2D eigenvalue weighted by Crippen LogP contribution is -2.38. The Morgan fingerprint density at radius 3 is 2.38 bits per heavy atom. The molecule has 0 spiro atoms. The van der Waals surface area contributed by atoms with Crippen LogP contribution >= 0.6 is 0 Å². The molecule has 0 heterocycles. The number of carbonyl (C=O) groups excluding carboxylic acids is 1. The molecule has 0 saturated heterocycles. The van der Waals surface area contributed by atoms with Gasteiger partial charge in [-0.05, 0) is 25.3 Å². The standard InChI is InChI=1S/C11H23BN2O2/c1-7(15)10(16)9(14)4-8(12)5-11(2,3)6-13/h7-9,15H,4-6,13-14H2,1-3H3. The maximum Gasteiger partial charge on any atom is 0.177 e. The summed E-state index contributed by atoms with van der Waals surface area (Å²) in [6.07, 6.45) is 0.0713. The van der Waals surface area contributed by atoms with Gasteiger partial charge in [-0.25, -0.2) is 0 Å². The van der Waals surface area contributed by atoms with Crippen LogP contribution in [0.25, 0.3) is 0 Å². The van der Waals surface area contributed by atoms with Gasteiger partial charge in [0.15, 0.2) is 5.78 Å². The average Bonchev–Trinajstić information content (AvgIpc) is 2.15. The summed E-state index contributed by atoms with van der Waals surface area (Å²) in [5.74, 6) is -0.530. The van der Waals surface area contributed by atoms with Gasteiger partial charge >= 0.3 is 0 Å². The Morgan fingerprint density at radius 1 is 1.50 bits per heavy atom. The van der Waals surface area contributed by atoms with Crippen molar-refractivity contribution in [3.63, 3.8) is 0 Å². The topological polar surface area (TPSA) is 89.3 Å². The van der Waals surface area contributed by atoms with E-state index in [4.69, 9.17) is 24.4 Å². The molecule has 0 aromatic carbocycles. The van der Waals surface area contributed by atoms with Crippen molar-refractivity contribution in [1.29, 1.82) is 0 Å². The van der Waals surface area contributed by atoms with E-state index in [1.54, 1.807) is 0 Å². The lowest BCUT2D eigenvalue weighted by molar-refractivity contribution is -0.127. The number of aliphatic hydroxyl groups is 1. The van der Waals surface area contributed by atoms with Gasteiger partial charge in [0.05, 0.1) is 13.9 Å². The zero-order chi connectivity index (χ0) is 12.9. The van der Waals surface area contributed by atoms with Gasteiger partial charge < -0.3 is 16.6 Å². The summed E-state index contributed by atoms with van der Waals surface area (Å²) in [6, 6.07) is -0.691. The lowest BCUT2D eigenvalue weighted by Gasteiger charge is -2.28. The quantitative estimate of drug-likeness (QED) is 0.532. The largest absolute Gasteiger partial charge is 0.386 e. The van der Waals surface area contributed by atoms with E-state index in [9.17, 15) is 4.79 Å². The van der Waals surface area contributed by atoms with Crippen LogP contribution in [0, 0.1) is 5.41 Å². The SMILES string of the molecule is [B]C(CC(N)C(=O)C(C)O)CC(C)(C)CN. The van der Waals surface area contributed by atoms with Crippen molar-refractivity contribution in [3.8, 4) is 0 Å². The van der Waals surface area contributed by atoms with Gasteiger partial charge in [-0.15, -0.1) is 0 Å². The highest BCUT2D eigenvalue weighted by atomic mass is 16.3. The van der Waals surface area contributed by atoms with Crippen molar-refractivity contribution >= 4 is 13.6 Å². The molecular formula is C11H23BN2O2. The van der Waals surface area contributed by atoms with Gasteiger partial charge in [0.2, 0.25) is 0 Å². The van der Waals surface area contributed by atoms with Crippen molar-refractivity contribution in [2.45, 2.75) is 51.6 Å². The second-order valence-electron chi connectivity index (χ2n) is 5.25. The number of rotatable bonds is 7. The summed E-state index contributed by atoms with van der Waals surface area (Å²) < 4.78 is 0. The average molecular weight is 226 g/mol. The summed E-state index contributed by atoms with van der Waals surface area (Å²) >= 11 is 0. The van der Waals surface area contributed by atoms with E-state index >= 15 is 0 Å². The van der Waals surface area contributed by atoms with Gasteiger partial charge in [0, 0.05) is 0 Å². The summed E-state index contributed by atoms with van der Waals surface area (Å²) in [4.78, 5) is 11.4. The first-order chi connectivity index (χ1) is 7.19. The molecule has 3 unspecified atom stereocenters. The molecule has 0 aromatic heterocycles. The first-order valence-corrected chi connectivity index (χ1v) is 5.62. The van der Waals surface area contributed by atoms with Crippen LogP contribution in [-0.4, -0.2) is 37.4 Å². The lowest BCUT2D eigenvalue weighted by atomic mass is 9.70. The van der Waals surface area contributed by atoms with Crippen LogP contribution in [-0.2, 0) is 4.79 Å². The van der Waals surface area contributed by atoms with E-state index in [2.05, 4.69) is 0 Å². The van der Waals surface area contributed by atoms with Crippen LogP contribution in [0.4, 0.5) is 0 Å². The van der Waals surface area contributed by atoms with Crippen LogP contribution < -0.4 is 11.5 Å². The maximum absolute atomic E-state index is 11.4. The summed E-state index contributed by atoms with van der Waals surface area (Å²) in [5.41, 5.74) is 11.2.